The number of hydrogen-bond donors (Lipinski definition) is 0. The fraction of sp³-hybridized carbons (Fsp3) is 1.00. The first kappa shape index (κ1) is 15.7. The normalized spacial score (nSPS) is 42.6. The summed E-state index contributed by atoms with van der Waals surface area (Å²) in [4.78, 5) is 0. The summed E-state index contributed by atoms with van der Waals surface area (Å²) < 4.78 is -5.59. The van der Waals surface area contributed by atoms with Crippen LogP contribution in [0.1, 0.15) is 0 Å². The highest BCUT2D eigenvalue weighted by molar-refractivity contribution is 6.73. The molecule has 1 aliphatic carbocycles. The summed E-state index contributed by atoms with van der Waals surface area (Å²) in [5.41, 5.74) is 0. The van der Waals surface area contributed by atoms with Crippen molar-refractivity contribution < 1.29 is 0 Å². The third-order valence-electron chi connectivity index (χ3n) is 2.09. The van der Waals surface area contributed by atoms with Crippen LogP contribution in [0.2, 0.25) is 0 Å². The van der Waals surface area contributed by atoms with Crippen LogP contribution in [0.15, 0.2) is 0 Å². The van der Waals surface area contributed by atoms with Gasteiger partial charge in [-0.05, 0) is 0 Å². The van der Waals surface area contributed by atoms with Crippen molar-refractivity contribution in [2.45, 2.75) is 29.1 Å². The van der Waals surface area contributed by atoms with Crippen molar-refractivity contribution in [3.05, 3.63) is 0 Å². The van der Waals surface area contributed by atoms with Crippen molar-refractivity contribution in [3.8, 4) is 0 Å². The predicted molar refractivity (Wildman–Crippen MR) is 72.2 cm³/mol. The van der Waals surface area contributed by atoms with E-state index in [9.17, 15) is 0 Å². The molecule has 0 radical (unpaired) electrons. The Morgan fingerprint density at radius 1 is 0.600 bits per heavy atom. The summed E-state index contributed by atoms with van der Waals surface area (Å²) in [6, 6.07) is 0. The Kier molecular flexibility index (Phi) is 4.82. The molecular weight excluding hydrogens is 391 g/mol. The maximum atomic E-state index is 5.92. The second-order valence-electron chi connectivity index (χ2n) is 3.07. The summed E-state index contributed by atoms with van der Waals surface area (Å²) in [5, 5.41) is -2.86. The van der Waals surface area contributed by atoms with Crippen LogP contribution < -0.4 is 0 Å². The Labute approximate surface area is 132 Å². The van der Waals surface area contributed by atoms with Crippen molar-refractivity contribution in [3.63, 3.8) is 0 Å². The van der Waals surface area contributed by atoms with Crippen LogP contribution in [0.4, 0.5) is 0 Å². The first-order valence-electron chi connectivity index (χ1n) is 3.53. The molecule has 15 heavy (non-hydrogen) atoms. The van der Waals surface area contributed by atoms with E-state index in [1.165, 1.54) is 0 Å². The van der Waals surface area contributed by atoms with E-state index in [1.54, 1.807) is 0 Å². The molecule has 0 nitrogen and oxygen atoms in total. The SMILES string of the molecule is ClC1C(Cl)C(Cl)(Cl)C(Cl)(Cl)C(Cl)(Cl)C1Cl. The van der Waals surface area contributed by atoms with Crippen LogP contribution in [0, 0.1) is 0 Å². The maximum absolute atomic E-state index is 5.92. The van der Waals surface area contributed by atoms with Gasteiger partial charge < -0.3 is 0 Å². The lowest BCUT2D eigenvalue weighted by atomic mass is 9.95. The minimum Gasteiger partial charge on any atom is -0.120 e. The van der Waals surface area contributed by atoms with E-state index in [0.717, 1.165) is 0 Å². The Morgan fingerprint density at radius 3 is 1.13 bits per heavy atom. The first-order valence-corrected chi connectivity index (χ1v) is 7.11. The standard InChI is InChI=1S/C6H3Cl9/c7-1-2(8)4(10,11)6(14,15)5(12,13)3(1)9/h1-3H. The minimum absolute atomic E-state index is 0.871. The van der Waals surface area contributed by atoms with Gasteiger partial charge in [-0.1, -0.05) is 69.6 Å². The molecule has 1 fully saturated rings. The van der Waals surface area contributed by atoms with Crippen molar-refractivity contribution in [1.29, 1.82) is 0 Å². The molecule has 2 unspecified atom stereocenters. The Hall–Kier alpha value is 2.61. The molecule has 0 spiro atoms. The van der Waals surface area contributed by atoms with Crippen LogP contribution in [0.5, 0.6) is 0 Å². The molecule has 0 saturated heterocycles. The molecule has 0 N–H and O–H groups in total. The van der Waals surface area contributed by atoms with Gasteiger partial charge in [0.1, 0.15) is 0 Å². The molecular formula is C6H3Cl9. The molecule has 90 valence electrons. The zero-order valence-electron chi connectivity index (χ0n) is 6.63. The van der Waals surface area contributed by atoms with E-state index in [2.05, 4.69) is 0 Å². The van der Waals surface area contributed by atoms with Gasteiger partial charge in [0.15, 0.2) is 13.0 Å². The van der Waals surface area contributed by atoms with E-state index in [-0.39, 0.29) is 0 Å². The quantitative estimate of drug-likeness (QED) is 0.487. The third kappa shape index (κ3) is 2.15. The van der Waals surface area contributed by atoms with Crippen molar-refractivity contribution in [2.75, 3.05) is 0 Å². The van der Waals surface area contributed by atoms with Crippen molar-refractivity contribution >= 4 is 104 Å². The average molecular weight is 394 g/mol. The topological polar surface area (TPSA) is 0 Å². The van der Waals surface area contributed by atoms with Crippen molar-refractivity contribution in [1.82, 2.24) is 0 Å². The summed E-state index contributed by atoms with van der Waals surface area (Å²) >= 11 is 53.2. The van der Waals surface area contributed by atoms with Crippen LogP contribution in [0.3, 0.4) is 0 Å². The Morgan fingerprint density at radius 2 is 0.867 bits per heavy atom. The molecule has 1 rings (SSSR count). The molecule has 1 aliphatic rings. The van der Waals surface area contributed by atoms with E-state index in [4.69, 9.17) is 104 Å². The number of rotatable bonds is 0. The third-order valence-corrected chi connectivity index (χ3v) is 8.54. The second kappa shape index (κ2) is 4.62. The molecule has 1 saturated carbocycles. The van der Waals surface area contributed by atoms with Crippen LogP contribution in [0.25, 0.3) is 0 Å². The molecule has 0 aromatic heterocycles. The monoisotopic (exact) mass is 390 g/mol. The summed E-state index contributed by atoms with van der Waals surface area (Å²) in [5.74, 6) is 0. The fourth-order valence-corrected chi connectivity index (χ4v) is 4.47. The zero-order chi connectivity index (χ0) is 12.2. The molecule has 0 aliphatic heterocycles. The van der Waals surface area contributed by atoms with Gasteiger partial charge in [0.2, 0.25) is 0 Å². The average Bonchev–Trinajstić information content (AvgIpc) is 2.12. The predicted octanol–water partition coefficient (Wildman–Crippen LogP) is 5.34. The number of alkyl halides is 9. The van der Waals surface area contributed by atoms with Crippen LogP contribution >= 0.6 is 104 Å². The lowest BCUT2D eigenvalue weighted by Crippen LogP contribution is -2.67. The first-order chi connectivity index (χ1) is 6.48. The highest BCUT2D eigenvalue weighted by Crippen LogP contribution is 2.64. The Balaban J connectivity index is 3.27. The smallest absolute Gasteiger partial charge is 0.120 e. The molecule has 2 atom stereocenters. The second-order valence-corrected chi connectivity index (χ2v) is 8.61. The molecule has 0 aromatic rings. The van der Waals surface area contributed by atoms with Crippen molar-refractivity contribution in [2.24, 2.45) is 0 Å². The van der Waals surface area contributed by atoms with Gasteiger partial charge in [-0.15, -0.1) is 34.8 Å². The minimum atomic E-state index is -1.95. The molecule has 0 aromatic carbocycles. The highest BCUT2D eigenvalue weighted by atomic mass is 35.5. The lowest BCUT2D eigenvalue weighted by Gasteiger charge is -2.51. The lowest BCUT2D eigenvalue weighted by molar-refractivity contribution is 0.447. The van der Waals surface area contributed by atoms with Gasteiger partial charge >= 0.3 is 0 Å². The van der Waals surface area contributed by atoms with Gasteiger partial charge in [0.25, 0.3) is 0 Å². The number of hydrogen-bond acceptors (Lipinski definition) is 0. The van der Waals surface area contributed by atoms with E-state index < -0.39 is 29.1 Å². The van der Waals surface area contributed by atoms with Crippen LogP contribution in [-0.4, -0.2) is 29.1 Å². The van der Waals surface area contributed by atoms with Gasteiger partial charge in [0.05, 0.1) is 16.1 Å². The van der Waals surface area contributed by atoms with Gasteiger partial charge in [-0.25, -0.2) is 0 Å². The van der Waals surface area contributed by atoms with E-state index >= 15 is 0 Å². The highest BCUT2D eigenvalue weighted by Gasteiger charge is 2.72. The Bertz CT molecular complexity index is 235. The van der Waals surface area contributed by atoms with E-state index in [0.29, 0.717) is 0 Å². The van der Waals surface area contributed by atoms with Gasteiger partial charge in [-0.3, -0.25) is 0 Å². The summed E-state index contributed by atoms with van der Waals surface area (Å²) in [6.07, 6.45) is 0. The van der Waals surface area contributed by atoms with E-state index in [1.807, 2.05) is 0 Å². The summed E-state index contributed by atoms with van der Waals surface area (Å²) in [6.45, 7) is 0. The van der Waals surface area contributed by atoms with Gasteiger partial charge in [0, 0.05) is 0 Å². The molecule has 0 bridgehead atoms. The maximum Gasteiger partial charge on any atom is 0.186 e. The fourth-order valence-electron chi connectivity index (χ4n) is 1.12. The summed E-state index contributed by atoms with van der Waals surface area (Å²) in [7, 11) is 0. The molecule has 9 heteroatoms. The molecule has 0 amide bonds. The largest absolute Gasteiger partial charge is 0.186 e. The number of halogens is 9. The zero-order valence-corrected chi connectivity index (χ0v) is 13.4. The molecule has 0 heterocycles. The van der Waals surface area contributed by atoms with Gasteiger partial charge in [-0.2, -0.15) is 0 Å². The van der Waals surface area contributed by atoms with Crippen LogP contribution in [-0.2, 0) is 0 Å².